The van der Waals surface area contributed by atoms with Crippen LogP contribution in [0.3, 0.4) is 0 Å². The molecular formula is C14H22N2. The quantitative estimate of drug-likeness (QED) is 0.711. The molecule has 1 aliphatic carbocycles. The van der Waals surface area contributed by atoms with Crippen LogP contribution in [0.2, 0.25) is 0 Å². The van der Waals surface area contributed by atoms with Gasteiger partial charge in [-0.05, 0) is 46.9 Å². The topological polar surface area (TPSA) is 52.0 Å². The van der Waals surface area contributed by atoms with E-state index in [4.69, 9.17) is 11.5 Å². The molecule has 1 aromatic carbocycles. The summed E-state index contributed by atoms with van der Waals surface area (Å²) in [5.74, 6) is 0.475. The van der Waals surface area contributed by atoms with Crippen LogP contribution in [0.5, 0.6) is 0 Å². The van der Waals surface area contributed by atoms with Crippen molar-refractivity contribution in [1.82, 2.24) is 0 Å². The molecule has 0 aromatic heterocycles. The van der Waals surface area contributed by atoms with E-state index in [0.29, 0.717) is 5.92 Å². The summed E-state index contributed by atoms with van der Waals surface area (Å²) in [4.78, 5) is 0. The first-order valence-electron chi connectivity index (χ1n) is 6.06. The van der Waals surface area contributed by atoms with Crippen LogP contribution >= 0.6 is 0 Å². The van der Waals surface area contributed by atoms with E-state index in [1.54, 1.807) is 0 Å². The van der Waals surface area contributed by atoms with Crippen molar-refractivity contribution in [3.05, 3.63) is 22.8 Å². The summed E-state index contributed by atoms with van der Waals surface area (Å²) in [6, 6.07) is 1.95. The second-order valence-corrected chi connectivity index (χ2v) is 5.86. The average Bonchev–Trinajstić information content (AvgIpc) is 2.41. The number of nitrogens with two attached hydrogens (primary N) is 2. The summed E-state index contributed by atoms with van der Waals surface area (Å²) in [5, 5.41) is 0. The summed E-state index contributed by atoms with van der Waals surface area (Å²) < 4.78 is 0. The molecule has 16 heavy (non-hydrogen) atoms. The van der Waals surface area contributed by atoms with Crippen molar-refractivity contribution < 1.29 is 0 Å². The molecule has 1 aromatic rings. The third-order valence-electron chi connectivity index (χ3n) is 3.79. The molecule has 0 fully saturated rings. The Balaban J connectivity index is 2.73. The monoisotopic (exact) mass is 218 g/mol. The van der Waals surface area contributed by atoms with Gasteiger partial charge >= 0.3 is 0 Å². The van der Waals surface area contributed by atoms with Gasteiger partial charge in [-0.2, -0.15) is 0 Å². The van der Waals surface area contributed by atoms with Crippen LogP contribution in [-0.4, -0.2) is 0 Å². The molecule has 2 rings (SSSR count). The first-order valence-corrected chi connectivity index (χ1v) is 6.06. The van der Waals surface area contributed by atoms with E-state index in [1.807, 2.05) is 6.07 Å². The zero-order chi connectivity index (χ0) is 12.1. The molecule has 2 nitrogen and oxygen atoms in total. The van der Waals surface area contributed by atoms with Gasteiger partial charge in [0, 0.05) is 11.4 Å². The second kappa shape index (κ2) is 3.41. The van der Waals surface area contributed by atoms with Crippen molar-refractivity contribution in [3.63, 3.8) is 0 Å². The van der Waals surface area contributed by atoms with Gasteiger partial charge in [-0.1, -0.05) is 27.7 Å². The van der Waals surface area contributed by atoms with Crippen LogP contribution in [-0.2, 0) is 11.8 Å². The maximum atomic E-state index is 6.14. The molecule has 0 spiro atoms. The van der Waals surface area contributed by atoms with Crippen molar-refractivity contribution >= 4 is 11.4 Å². The van der Waals surface area contributed by atoms with E-state index in [-0.39, 0.29) is 5.41 Å². The highest BCUT2D eigenvalue weighted by Crippen LogP contribution is 2.46. The van der Waals surface area contributed by atoms with E-state index in [1.165, 1.54) is 23.1 Å². The maximum Gasteiger partial charge on any atom is 0.0375 e. The Bertz CT molecular complexity index is 431. The van der Waals surface area contributed by atoms with Crippen molar-refractivity contribution in [3.8, 4) is 0 Å². The van der Waals surface area contributed by atoms with Gasteiger partial charge in [0.15, 0.2) is 0 Å². The summed E-state index contributed by atoms with van der Waals surface area (Å²) in [6.45, 7) is 8.95. The third kappa shape index (κ3) is 1.48. The van der Waals surface area contributed by atoms with E-state index < -0.39 is 0 Å². The summed E-state index contributed by atoms with van der Waals surface area (Å²) >= 11 is 0. The molecule has 0 atom stereocenters. The lowest BCUT2D eigenvalue weighted by atomic mass is 9.83. The Hall–Kier alpha value is -1.18. The van der Waals surface area contributed by atoms with Crippen LogP contribution in [0.15, 0.2) is 6.07 Å². The fourth-order valence-electron chi connectivity index (χ4n) is 3.10. The van der Waals surface area contributed by atoms with Gasteiger partial charge in [-0.3, -0.25) is 0 Å². The largest absolute Gasteiger partial charge is 0.398 e. The zero-order valence-corrected chi connectivity index (χ0v) is 10.7. The molecule has 2 heteroatoms. The predicted octanol–water partition coefficient (Wildman–Crippen LogP) is 3.20. The van der Waals surface area contributed by atoms with Gasteiger partial charge in [0.1, 0.15) is 0 Å². The lowest BCUT2D eigenvalue weighted by molar-refractivity contribution is 0.524. The highest BCUT2D eigenvalue weighted by molar-refractivity contribution is 5.69. The van der Waals surface area contributed by atoms with Crippen LogP contribution < -0.4 is 11.5 Å². The van der Waals surface area contributed by atoms with Crippen LogP contribution in [0.1, 0.15) is 56.7 Å². The molecule has 0 saturated carbocycles. The van der Waals surface area contributed by atoms with Gasteiger partial charge in [0.2, 0.25) is 0 Å². The van der Waals surface area contributed by atoms with Gasteiger partial charge in [0.25, 0.3) is 0 Å². The highest BCUT2D eigenvalue weighted by atomic mass is 14.6. The average molecular weight is 218 g/mol. The number of hydrogen-bond acceptors (Lipinski definition) is 2. The molecule has 0 heterocycles. The van der Waals surface area contributed by atoms with Crippen molar-refractivity contribution in [2.24, 2.45) is 0 Å². The first kappa shape index (κ1) is 11.3. The Morgan fingerprint density at radius 3 is 2.38 bits per heavy atom. The van der Waals surface area contributed by atoms with Crippen LogP contribution in [0.25, 0.3) is 0 Å². The lowest BCUT2D eigenvalue weighted by Gasteiger charge is -2.23. The third-order valence-corrected chi connectivity index (χ3v) is 3.79. The Morgan fingerprint density at radius 1 is 1.19 bits per heavy atom. The number of anilines is 2. The number of hydrogen-bond donors (Lipinski definition) is 2. The molecule has 0 aliphatic heterocycles. The van der Waals surface area contributed by atoms with Gasteiger partial charge in [-0.15, -0.1) is 0 Å². The summed E-state index contributed by atoms with van der Waals surface area (Å²) in [7, 11) is 0. The van der Waals surface area contributed by atoms with Crippen molar-refractivity contribution in [1.29, 1.82) is 0 Å². The minimum absolute atomic E-state index is 0.205. The van der Waals surface area contributed by atoms with Crippen molar-refractivity contribution in [2.75, 3.05) is 11.5 Å². The summed E-state index contributed by atoms with van der Waals surface area (Å²) in [5.41, 5.74) is 18.3. The number of benzene rings is 1. The minimum atomic E-state index is 0.205. The maximum absolute atomic E-state index is 6.14. The molecule has 0 amide bonds. The lowest BCUT2D eigenvalue weighted by Crippen LogP contribution is -2.15. The zero-order valence-electron chi connectivity index (χ0n) is 10.7. The Kier molecular flexibility index (Phi) is 2.41. The number of nitrogen functional groups attached to an aromatic ring is 2. The standard InChI is InChI=1S/C14H22N2/c1-8(2)12-9-5-6-14(3,4)13(9)11(16)7-10(12)15/h7-8H,5-6,15-16H2,1-4H3. The molecule has 0 radical (unpaired) electrons. The molecule has 0 saturated heterocycles. The van der Waals surface area contributed by atoms with Gasteiger partial charge in [0.05, 0.1) is 0 Å². The normalized spacial score (nSPS) is 17.8. The predicted molar refractivity (Wildman–Crippen MR) is 70.7 cm³/mol. The van der Waals surface area contributed by atoms with E-state index >= 15 is 0 Å². The van der Waals surface area contributed by atoms with Gasteiger partial charge < -0.3 is 11.5 Å². The highest BCUT2D eigenvalue weighted by Gasteiger charge is 2.34. The number of rotatable bonds is 1. The van der Waals surface area contributed by atoms with E-state index in [0.717, 1.165) is 17.8 Å². The Labute approximate surface area is 98.0 Å². The number of fused-ring (bicyclic) bond motifs is 1. The van der Waals surface area contributed by atoms with E-state index in [9.17, 15) is 0 Å². The van der Waals surface area contributed by atoms with Crippen LogP contribution in [0.4, 0.5) is 11.4 Å². The van der Waals surface area contributed by atoms with Gasteiger partial charge in [-0.25, -0.2) is 0 Å². The smallest absolute Gasteiger partial charge is 0.0375 e. The van der Waals surface area contributed by atoms with Crippen LogP contribution in [0, 0.1) is 0 Å². The Morgan fingerprint density at radius 2 is 1.81 bits per heavy atom. The molecule has 88 valence electrons. The minimum Gasteiger partial charge on any atom is -0.398 e. The SMILES string of the molecule is CC(C)c1c(N)cc(N)c2c1CCC2(C)C. The summed E-state index contributed by atoms with van der Waals surface area (Å²) in [6.07, 6.45) is 2.29. The fourth-order valence-corrected chi connectivity index (χ4v) is 3.10. The molecule has 0 bridgehead atoms. The molecule has 0 unspecified atom stereocenters. The van der Waals surface area contributed by atoms with Crippen molar-refractivity contribution in [2.45, 2.75) is 51.9 Å². The molecule has 4 N–H and O–H groups in total. The molecule has 1 aliphatic rings. The molecular weight excluding hydrogens is 196 g/mol. The fraction of sp³-hybridized carbons (Fsp3) is 0.571. The van der Waals surface area contributed by atoms with E-state index in [2.05, 4.69) is 27.7 Å². The second-order valence-electron chi connectivity index (χ2n) is 5.86. The first-order chi connectivity index (χ1) is 7.34.